The number of hydrogen-bond acceptors (Lipinski definition) is 7. The Hall–Kier alpha value is -4.05. The highest BCUT2D eigenvalue weighted by Gasteiger charge is 2.45. The zero-order valence-corrected chi connectivity index (χ0v) is 18.3. The van der Waals surface area contributed by atoms with Gasteiger partial charge in [-0.3, -0.25) is 14.9 Å². The molecule has 0 atom stereocenters. The molecule has 10 heteroatoms. The minimum atomic E-state index is -4.39. The Labute approximate surface area is 189 Å². The van der Waals surface area contributed by atoms with Gasteiger partial charge in [0.1, 0.15) is 0 Å². The minimum Gasteiger partial charge on any atom is -0.379 e. The van der Waals surface area contributed by atoms with Gasteiger partial charge in [-0.2, -0.15) is 0 Å². The standard InChI is InChI=1S/C23H19N3O6S/c1-16-12-13-19(26(28)29)14-21(16)33(30,31)25-22(27)20-15-23(32-24-20,17-8-4-2-5-9-17)18-10-6-3-7-11-18/h2-14H,15H2,1H3,(H,25,27). The van der Waals surface area contributed by atoms with E-state index >= 15 is 0 Å². The number of benzene rings is 3. The summed E-state index contributed by atoms with van der Waals surface area (Å²) in [5.74, 6) is -0.963. The van der Waals surface area contributed by atoms with Gasteiger partial charge in [-0.25, -0.2) is 13.1 Å². The molecule has 0 saturated carbocycles. The number of sulfonamides is 1. The molecule has 4 rings (SSSR count). The molecule has 0 aliphatic carbocycles. The summed E-state index contributed by atoms with van der Waals surface area (Å²) in [6.45, 7) is 1.48. The van der Waals surface area contributed by atoms with Crippen molar-refractivity contribution in [2.24, 2.45) is 5.16 Å². The normalized spacial score (nSPS) is 14.8. The molecule has 1 aliphatic rings. The van der Waals surface area contributed by atoms with E-state index in [9.17, 15) is 23.3 Å². The van der Waals surface area contributed by atoms with E-state index in [-0.39, 0.29) is 22.6 Å². The molecule has 0 radical (unpaired) electrons. The highest BCUT2D eigenvalue weighted by Crippen LogP contribution is 2.41. The van der Waals surface area contributed by atoms with Crippen LogP contribution in [0.4, 0.5) is 5.69 Å². The molecule has 1 N–H and O–H groups in total. The predicted octanol–water partition coefficient (Wildman–Crippen LogP) is 3.43. The van der Waals surface area contributed by atoms with Crippen molar-refractivity contribution in [2.75, 3.05) is 0 Å². The lowest BCUT2D eigenvalue weighted by Gasteiger charge is -2.27. The van der Waals surface area contributed by atoms with Gasteiger partial charge >= 0.3 is 0 Å². The average Bonchev–Trinajstić information content (AvgIpc) is 3.27. The molecule has 1 amide bonds. The lowest BCUT2D eigenvalue weighted by molar-refractivity contribution is -0.385. The number of carbonyl (C=O) groups is 1. The van der Waals surface area contributed by atoms with Crippen LogP contribution >= 0.6 is 0 Å². The Balaban J connectivity index is 1.63. The first-order valence-corrected chi connectivity index (χ1v) is 11.4. The van der Waals surface area contributed by atoms with Crippen LogP contribution in [0.5, 0.6) is 0 Å². The van der Waals surface area contributed by atoms with Gasteiger partial charge in [0.15, 0.2) is 11.3 Å². The number of rotatable bonds is 6. The molecule has 0 spiro atoms. The molecule has 1 heterocycles. The van der Waals surface area contributed by atoms with Gasteiger partial charge in [0.25, 0.3) is 21.6 Å². The van der Waals surface area contributed by atoms with E-state index in [0.29, 0.717) is 0 Å². The van der Waals surface area contributed by atoms with Crippen LogP contribution in [-0.4, -0.2) is 25.0 Å². The number of non-ortho nitro benzene ring substituents is 1. The fourth-order valence-corrected chi connectivity index (χ4v) is 4.91. The molecule has 3 aromatic carbocycles. The topological polar surface area (TPSA) is 128 Å². The van der Waals surface area contributed by atoms with Gasteiger partial charge in [-0.05, 0) is 12.5 Å². The van der Waals surface area contributed by atoms with Crippen LogP contribution in [0.15, 0.2) is 88.9 Å². The van der Waals surface area contributed by atoms with Crippen LogP contribution in [0.2, 0.25) is 0 Å². The van der Waals surface area contributed by atoms with Crippen LogP contribution in [0.3, 0.4) is 0 Å². The number of aryl methyl sites for hydroxylation is 1. The third-order valence-electron chi connectivity index (χ3n) is 5.37. The van der Waals surface area contributed by atoms with Crippen molar-refractivity contribution in [3.8, 4) is 0 Å². The zero-order valence-electron chi connectivity index (χ0n) is 17.5. The summed E-state index contributed by atoms with van der Waals surface area (Å²) in [4.78, 5) is 28.7. The number of nitro benzene ring substituents is 1. The van der Waals surface area contributed by atoms with E-state index < -0.39 is 32.1 Å². The molecular weight excluding hydrogens is 446 g/mol. The first-order chi connectivity index (χ1) is 15.7. The first-order valence-electron chi connectivity index (χ1n) is 9.91. The molecule has 0 saturated heterocycles. The maximum atomic E-state index is 12.9. The summed E-state index contributed by atoms with van der Waals surface area (Å²) < 4.78 is 27.7. The lowest BCUT2D eigenvalue weighted by atomic mass is 9.82. The molecule has 3 aromatic rings. The van der Waals surface area contributed by atoms with E-state index in [0.717, 1.165) is 17.2 Å². The average molecular weight is 465 g/mol. The fourth-order valence-electron chi connectivity index (χ4n) is 3.67. The number of nitro groups is 1. The summed E-state index contributed by atoms with van der Waals surface area (Å²) in [7, 11) is -4.39. The SMILES string of the molecule is Cc1ccc([N+](=O)[O-])cc1S(=O)(=O)NC(=O)C1=NOC(c2ccccc2)(c2ccccc2)C1. The van der Waals surface area contributed by atoms with Crippen molar-refractivity contribution in [3.05, 3.63) is 106 Å². The molecule has 33 heavy (non-hydrogen) atoms. The van der Waals surface area contributed by atoms with Gasteiger partial charge in [0.2, 0.25) is 0 Å². The smallest absolute Gasteiger partial charge is 0.282 e. The summed E-state index contributed by atoms with van der Waals surface area (Å²) in [5.41, 5.74) is 0.144. The lowest BCUT2D eigenvalue weighted by Crippen LogP contribution is -2.37. The third-order valence-corrected chi connectivity index (χ3v) is 6.84. The second kappa shape index (κ2) is 8.47. The quantitative estimate of drug-likeness (QED) is 0.439. The van der Waals surface area contributed by atoms with Crippen molar-refractivity contribution in [2.45, 2.75) is 23.8 Å². The Morgan fingerprint density at radius 1 is 1.03 bits per heavy atom. The second-order valence-electron chi connectivity index (χ2n) is 7.51. The van der Waals surface area contributed by atoms with Gasteiger partial charge in [-0.15, -0.1) is 0 Å². The van der Waals surface area contributed by atoms with E-state index in [4.69, 9.17) is 4.84 Å². The van der Waals surface area contributed by atoms with E-state index in [1.54, 1.807) is 0 Å². The fraction of sp³-hybridized carbons (Fsp3) is 0.130. The Morgan fingerprint density at radius 3 is 2.15 bits per heavy atom. The summed E-state index contributed by atoms with van der Waals surface area (Å²) in [6.07, 6.45) is -0.00367. The number of hydrogen-bond donors (Lipinski definition) is 1. The molecule has 168 valence electrons. The number of carbonyl (C=O) groups excluding carboxylic acids is 1. The molecule has 0 bridgehead atoms. The largest absolute Gasteiger partial charge is 0.379 e. The van der Waals surface area contributed by atoms with Gasteiger partial charge in [0, 0.05) is 23.3 Å². The maximum Gasteiger partial charge on any atom is 0.282 e. The van der Waals surface area contributed by atoms with Crippen molar-refractivity contribution in [1.82, 2.24) is 4.72 Å². The summed E-state index contributed by atoms with van der Waals surface area (Å²) in [5, 5.41) is 15.0. The van der Waals surface area contributed by atoms with E-state index in [1.165, 1.54) is 19.1 Å². The van der Waals surface area contributed by atoms with Gasteiger partial charge < -0.3 is 4.84 Å². The monoisotopic (exact) mass is 465 g/mol. The van der Waals surface area contributed by atoms with Crippen LogP contribution in [-0.2, 0) is 25.3 Å². The van der Waals surface area contributed by atoms with Crippen LogP contribution in [0, 0.1) is 17.0 Å². The highest BCUT2D eigenvalue weighted by molar-refractivity contribution is 7.90. The minimum absolute atomic E-state index is 0.00367. The van der Waals surface area contributed by atoms with Crippen LogP contribution < -0.4 is 4.72 Å². The molecule has 1 aliphatic heterocycles. The number of nitrogens with one attached hydrogen (secondary N) is 1. The Kier molecular flexibility index (Phi) is 5.69. The number of amides is 1. The van der Waals surface area contributed by atoms with Crippen molar-refractivity contribution >= 4 is 27.3 Å². The molecular formula is C23H19N3O6S. The molecule has 0 unspecified atom stereocenters. The molecule has 9 nitrogen and oxygen atoms in total. The van der Waals surface area contributed by atoms with E-state index in [1.807, 2.05) is 65.4 Å². The van der Waals surface area contributed by atoms with Crippen LogP contribution in [0.25, 0.3) is 0 Å². The van der Waals surface area contributed by atoms with E-state index in [2.05, 4.69) is 5.16 Å². The molecule has 0 aromatic heterocycles. The highest BCUT2D eigenvalue weighted by atomic mass is 32.2. The summed E-state index contributed by atoms with van der Waals surface area (Å²) in [6, 6.07) is 21.8. The van der Waals surface area contributed by atoms with Gasteiger partial charge in [0.05, 0.1) is 16.2 Å². The summed E-state index contributed by atoms with van der Waals surface area (Å²) >= 11 is 0. The number of oxime groups is 1. The Bertz CT molecular complexity index is 1320. The molecule has 0 fully saturated rings. The van der Waals surface area contributed by atoms with Gasteiger partial charge in [-0.1, -0.05) is 71.9 Å². The van der Waals surface area contributed by atoms with Crippen molar-refractivity contribution < 1.29 is 23.0 Å². The van der Waals surface area contributed by atoms with Crippen molar-refractivity contribution in [3.63, 3.8) is 0 Å². The first kappa shape index (κ1) is 22.2. The second-order valence-corrected chi connectivity index (χ2v) is 9.16. The predicted molar refractivity (Wildman–Crippen MR) is 120 cm³/mol. The maximum absolute atomic E-state index is 12.9. The third kappa shape index (κ3) is 4.20. The number of nitrogens with zero attached hydrogens (tertiary/aromatic N) is 2. The zero-order chi connectivity index (χ0) is 23.6. The van der Waals surface area contributed by atoms with Crippen molar-refractivity contribution in [1.29, 1.82) is 0 Å². The van der Waals surface area contributed by atoms with Crippen LogP contribution in [0.1, 0.15) is 23.1 Å². The Morgan fingerprint density at radius 2 is 1.61 bits per heavy atom.